The van der Waals surface area contributed by atoms with Gasteiger partial charge in [-0.3, -0.25) is 19.7 Å². The summed E-state index contributed by atoms with van der Waals surface area (Å²) in [7, 11) is 0. The summed E-state index contributed by atoms with van der Waals surface area (Å²) in [6, 6.07) is 3.94. The number of nitrogen functional groups attached to an aromatic ring is 1. The Morgan fingerprint density at radius 3 is 2.57 bits per heavy atom. The van der Waals surface area contributed by atoms with E-state index in [-0.39, 0.29) is 29.4 Å². The number of nitro groups is 1. The highest BCUT2D eigenvalue weighted by Crippen LogP contribution is 2.24. The predicted octanol–water partition coefficient (Wildman–Crippen LogP) is 0.679. The van der Waals surface area contributed by atoms with Crippen molar-refractivity contribution in [3.8, 4) is 0 Å². The van der Waals surface area contributed by atoms with Crippen LogP contribution in [0.2, 0.25) is 0 Å². The number of hydrogen-bond acceptors (Lipinski definition) is 5. The van der Waals surface area contributed by atoms with E-state index in [1.54, 1.807) is 0 Å². The van der Waals surface area contributed by atoms with Crippen LogP contribution in [0.3, 0.4) is 0 Å². The Bertz CT molecular complexity index is 557. The Kier molecular flexibility index (Phi) is 5.65. The molecule has 0 saturated heterocycles. The monoisotopic (exact) mass is 294 g/mol. The van der Waals surface area contributed by atoms with Crippen LogP contribution in [-0.2, 0) is 4.79 Å². The van der Waals surface area contributed by atoms with Crippen molar-refractivity contribution < 1.29 is 14.5 Å². The van der Waals surface area contributed by atoms with Crippen molar-refractivity contribution in [2.24, 2.45) is 5.92 Å². The zero-order valence-corrected chi connectivity index (χ0v) is 11.9. The SMILES string of the molecule is CC(C)CNC(=O)CNC(=O)c1cccc([N+](=O)[O-])c1N. The second kappa shape index (κ2) is 7.22. The number of benzene rings is 1. The molecule has 8 heteroatoms. The Balaban J connectivity index is 2.66. The highest BCUT2D eigenvalue weighted by Gasteiger charge is 2.19. The lowest BCUT2D eigenvalue weighted by molar-refractivity contribution is -0.383. The summed E-state index contributed by atoms with van der Waals surface area (Å²) < 4.78 is 0. The summed E-state index contributed by atoms with van der Waals surface area (Å²) in [5, 5.41) is 15.8. The fourth-order valence-electron chi connectivity index (χ4n) is 1.55. The summed E-state index contributed by atoms with van der Waals surface area (Å²) in [5.41, 5.74) is 5.00. The fraction of sp³-hybridized carbons (Fsp3) is 0.385. The van der Waals surface area contributed by atoms with Gasteiger partial charge in [0.15, 0.2) is 0 Å². The van der Waals surface area contributed by atoms with Gasteiger partial charge in [-0.05, 0) is 12.0 Å². The number of para-hydroxylation sites is 1. The minimum atomic E-state index is -0.665. The molecule has 0 radical (unpaired) electrons. The lowest BCUT2D eigenvalue weighted by Crippen LogP contribution is -2.38. The molecule has 0 aliphatic carbocycles. The molecule has 8 nitrogen and oxygen atoms in total. The Morgan fingerprint density at radius 2 is 2.00 bits per heavy atom. The minimum Gasteiger partial charge on any atom is -0.393 e. The third kappa shape index (κ3) is 4.75. The molecule has 0 aliphatic heterocycles. The van der Waals surface area contributed by atoms with E-state index in [2.05, 4.69) is 10.6 Å². The molecule has 0 aliphatic rings. The lowest BCUT2D eigenvalue weighted by atomic mass is 10.1. The lowest BCUT2D eigenvalue weighted by Gasteiger charge is -2.09. The third-order valence-electron chi connectivity index (χ3n) is 2.64. The molecule has 0 unspecified atom stereocenters. The van der Waals surface area contributed by atoms with Gasteiger partial charge in [0.2, 0.25) is 5.91 Å². The standard InChI is InChI=1S/C13H18N4O4/c1-8(2)6-15-11(18)7-16-13(19)9-4-3-5-10(12(9)14)17(20)21/h3-5,8H,6-7,14H2,1-2H3,(H,15,18)(H,16,19). The van der Waals surface area contributed by atoms with Crippen molar-refractivity contribution in [2.75, 3.05) is 18.8 Å². The van der Waals surface area contributed by atoms with Crippen molar-refractivity contribution in [3.63, 3.8) is 0 Å². The molecule has 0 bridgehead atoms. The van der Waals surface area contributed by atoms with Gasteiger partial charge in [-0.2, -0.15) is 0 Å². The predicted molar refractivity (Wildman–Crippen MR) is 77.7 cm³/mol. The van der Waals surface area contributed by atoms with Crippen LogP contribution in [0, 0.1) is 16.0 Å². The second-order valence-corrected chi connectivity index (χ2v) is 4.88. The smallest absolute Gasteiger partial charge is 0.292 e. The van der Waals surface area contributed by atoms with Gasteiger partial charge < -0.3 is 16.4 Å². The summed E-state index contributed by atoms with van der Waals surface area (Å²) in [5.74, 6) is -0.658. The van der Waals surface area contributed by atoms with Crippen LogP contribution in [-0.4, -0.2) is 29.8 Å². The molecule has 0 fully saturated rings. The molecule has 4 N–H and O–H groups in total. The number of nitrogens with two attached hydrogens (primary N) is 1. The Hall–Kier alpha value is -2.64. The average Bonchev–Trinajstić information content (AvgIpc) is 2.42. The molecule has 1 rings (SSSR count). The molecule has 1 aromatic rings. The number of anilines is 1. The quantitative estimate of drug-likeness (QED) is 0.404. The number of nitrogens with one attached hydrogen (secondary N) is 2. The van der Waals surface area contributed by atoms with Crippen LogP contribution in [0.5, 0.6) is 0 Å². The first-order valence-corrected chi connectivity index (χ1v) is 6.40. The maximum absolute atomic E-state index is 11.9. The van der Waals surface area contributed by atoms with Gasteiger partial charge in [-0.25, -0.2) is 0 Å². The van der Waals surface area contributed by atoms with Crippen LogP contribution < -0.4 is 16.4 Å². The number of hydrogen-bond donors (Lipinski definition) is 3. The van der Waals surface area contributed by atoms with E-state index in [4.69, 9.17) is 5.73 Å². The van der Waals surface area contributed by atoms with E-state index in [1.807, 2.05) is 13.8 Å². The van der Waals surface area contributed by atoms with E-state index in [9.17, 15) is 19.7 Å². The molecule has 0 heterocycles. The molecular formula is C13H18N4O4. The van der Waals surface area contributed by atoms with Crippen LogP contribution in [0.25, 0.3) is 0 Å². The van der Waals surface area contributed by atoms with Gasteiger partial charge in [0.25, 0.3) is 11.6 Å². The number of nitro benzene ring substituents is 1. The molecule has 2 amide bonds. The van der Waals surface area contributed by atoms with E-state index in [0.29, 0.717) is 12.5 Å². The number of amides is 2. The van der Waals surface area contributed by atoms with Crippen molar-refractivity contribution in [1.29, 1.82) is 0 Å². The molecule has 1 aromatic carbocycles. The van der Waals surface area contributed by atoms with Crippen molar-refractivity contribution in [1.82, 2.24) is 10.6 Å². The first kappa shape index (κ1) is 16.4. The number of carbonyl (C=O) groups excluding carboxylic acids is 2. The Labute approximate surface area is 121 Å². The molecule has 0 atom stereocenters. The Morgan fingerprint density at radius 1 is 1.33 bits per heavy atom. The number of carbonyl (C=O) groups is 2. The molecule has 0 aromatic heterocycles. The largest absolute Gasteiger partial charge is 0.393 e. The molecule has 0 saturated carbocycles. The molecule has 114 valence electrons. The van der Waals surface area contributed by atoms with Gasteiger partial charge in [0.1, 0.15) is 5.69 Å². The van der Waals surface area contributed by atoms with Crippen molar-refractivity contribution in [3.05, 3.63) is 33.9 Å². The normalized spacial score (nSPS) is 10.2. The van der Waals surface area contributed by atoms with Gasteiger partial charge in [-0.15, -0.1) is 0 Å². The van der Waals surface area contributed by atoms with Crippen molar-refractivity contribution in [2.45, 2.75) is 13.8 Å². The van der Waals surface area contributed by atoms with E-state index in [1.165, 1.54) is 18.2 Å². The molecule has 0 spiro atoms. The second-order valence-electron chi connectivity index (χ2n) is 4.88. The molecular weight excluding hydrogens is 276 g/mol. The number of rotatable bonds is 6. The van der Waals surface area contributed by atoms with Crippen molar-refractivity contribution >= 4 is 23.2 Å². The van der Waals surface area contributed by atoms with Gasteiger partial charge in [0.05, 0.1) is 17.0 Å². The minimum absolute atomic E-state index is 0.0270. The zero-order valence-electron chi connectivity index (χ0n) is 11.9. The topological polar surface area (TPSA) is 127 Å². The zero-order chi connectivity index (χ0) is 16.0. The molecule has 21 heavy (non-hydrogen) atoms. The van der Waals surface area contributed by atoms with Gasteiger partial charge in [-0.1, -0.05) is 19.9 Å². The summed E-state index contributed by atoms with van der Waals surface area (Å²) in [6.07, 6.45) is 0. The van der Waals surface area contributed by atoms with E-state index < -0.39 is 10.8 Å². The van der Waals surface area contributed by atoms with E-state index in [0.717, 1.165) is 0 Å². The summed E-state index contributed by atoms with van der Waals surface area (Å²) in [6.45, 7) is 4.19. The van der Waals surface area contributed by atoms with Crippen LogP contribution in [0.4, 0.5) is 11.4 Å². The highest BCUT2D eigenvalue weighted by molar-refractivity contribution is 6.02. The maximum atomic E-state index is 11.9. The summed E-state index contributed by atoms with van der Waals surface area (Å²) >= 11 is 0. The van der Waals surface area contributed by atoms with E-state index >= 15 is 0 Å². The maximum Gasteiger partial charge on any atom is 0.292 e. The number of nitrogens with zero attached hydrogens (tertiary/aromatic N) is 1. The highest BCUT2D eigenvalue weighted by atomic mass is 16.6. The first-order valence-electron chi connectivity index (χ1n) is 6.40. The first-order chi connectivity index (χ1) is 9.82. The summed E-state index contributed by atoms with van der Waals surface area (Å²) in [4.78, 5) is 33.4. The third-order valence-corrected chi connectivity index (χ3v) is 2.64. The fourth-order valence-corrected chi connectivity index (χ4v) is 1.55. The van der Waals surface area contributed by atoms with Crippen LogP contribution in [0.15, 0.2) is 18.2 Å². The van der Waals surface area contributed by atoms with Gasteiger partial charge in [0, 0.05) is 12.6 Å². The van der Waals surface area contributed by atoms with Gasteiger partial charge >= 0.3 is 0 Å². The average molecular weight is 294 g/mol. The van der Waals surface area contributed by atoms with Crippen LogP contribution in [0.1, 0.15) is 24.2 Å². The van der Waals surface area contributed by atoms with Crippen LogP contribution >= 0.6 is 0 Å².